The molecule has 0 aromatic carbocycles. The summed E-state index contributed by atoms with van der Waals surface area (Å²) < 4.78 is 18.0. The van der Waals surface area contributed by atoms with Crippen LogP contribution in [-0.2, 0) is 28.6 Å². The number of carbonyl (C=O) groups excluding carboxylic acids is 3. The normalized spacial score (nSPS) is 48.9. The summed E-state index contributed by atoms with van der Waals surface area (Å²) in [6.45, 7) is 9.89. The van der Waals surface area contributed by atoms with Crippen LogP contribution in [0.15, 0.2) is 23.3 Å². The molecule has 11 atom stereocenters. The van der Waals surface area contributed by atoms with Crippen molar-refractivity contribution in [2.24, 2.45) is 40.4 Å². The van der Waals surface area contributed by atoms with Crippen LogP contribution in [0, 0.1) is 40.4 Å². The molecule has 0 bridgehead atoms. The molecule has 2 heterocycles. The number of ether oxygens (including phenoxy) is 3. The van der Waals surface area contributed by atoms with Gasteiger partial charge in [-0.2, -0.15) is 0 Å². The number of allylic oxidation sites excluding steroid dienone is 1. The molecule has 0 amide bonds. The molecular weight excluding hydrogens is 472 g/mol. The molecule has 6 rings (SSSR count). The van der Waals surface area contributed by atoms with E-state index in [2.05, 4.69) is 6.92 Å². The van der Waals surface area contributed by atoms with Crippen LogP contribution in [0.25, 0.3) is 0 Å². The molecule has 1 N–H and O–H groups in total. The average molecular weight is 513 g/mol. The Labute approximate surface area is 219 Å². The molecule has 3 saturated carbocycles. The second kappa shape index (κ2) is 8.25. The highest BCUT2D eigenvalue weighted by molar-refractivity contribution is 5.98. The molecule has 0 unspecified atom stereocenters. The average Bonchev–Trinajstić information content (AvgIpc) is 3.48. The number of hydrogen-bond acceptors (Lipinski definition) is 7. The second-order valence-electron chi connectivity index (χ2n) is 13.0. The van der Waals surface area contributed by atoms with Crippen LogP contribution in [0.1, 0.15) is 73.1 Å². The maximum atomic E-state index is 13.4. The van der Waals surface area contributed by atoms with Gasteiger partial charge in [0.2, 0.25) is 0 Å². The van der Waals surface area contributed by atoms with Gasteiger partial charge in [0, 0.05) is 24.3 Å². The molecule has 202 valence electrons. The van der Waals surface area contributed by atoms with Gasteiger partial charge in [-0.3, -0.25) is 9.59 Å². The number of carbonyl (C=O) groups is 3. The van der Waals surface area contributed by atoms with Crippen molar-refractivity contribution in [1.82, 2.24) is 0 Å². The highest BCUT2D eigenvalue weighted by Gasteiger charge is 2.80. The monoisotopic (exact) mass is 512 g/mol. The van der Waals surface area contributed by atoms with Crippen molar-refractivity contribution in [3.8, 4) is 0 Å². The number of aliphatic hydroxyl groups excluding tert-OH is 1. The molecule has 1 spiro atoms. The number of aliphatic hydroxyl groups is 1. The first kappa shape index (κ1) is 25.3. The standard InChI is InChI=1S/C30H40O7/c1-15-12-23(36-27(34)16(15)2)17(3)20-6-7-22-19-13-26-30(37-26)25(33)9-8-24(32)28(30,5)21(19)10-11-29(20,22)14-35-18(4)31/h8-9,17,19-23,25-26,33H,6-7,10-14H2,1-5H3/t17-,19-,20-,21+,22+,23-,25+,26-,28+,29+,30-/m1/s1. The Balaban J connectivity index is 1.34. The van der Waals surface area contributed by atoms with E-state index in [1.807, 2.05) is 20.8 Å². The Morgan fingerprint density at radius 1 is 1.22 bits per heavy atom. The number of hydrogen-bond donors (Lipinski definition) is 1. The van der Waals surface area contributed by atoms with Crippen LogP contribution < -0.4 is 0 Å². The van der Waals surface area contributed by atoms with Gasteiger partial charge in [-0.1, -0.05) is 12.5 Å². The van der Waals surface area contributed by atoms with Gasteiger partial charge in [-0.25, -0.2) is 4.79 Å². The Hall–Kier alpha value is -1.99. The summed E-state index contributed by atoms with van der Waals surface area (Å²) in [5, 5.41) is 10.9. The smallest absolute Gasteiger partial charge is 0.333 e. The Morgan fingerprint density at radius 2 is 1.97 bits per heavy atom. The van der Waals surface area contributed by atoms with Crippen LogP contribution in [0.4, 0.5) is 0 Å². The van der Waals surface area contributed by atoms with Crippen molar-refractivity contribution in [3.63, 3.8) is 0 Å². The summed E-state index contributed by atoms with van der Waals surface area (Å²) in [5.41, 5.74) is 0.0360. The third kappa shape index (κ3) is 3.22. The zero-order chi connectivity index (χ0) is 26.5. The number of rotatable bonds is 4. The van der Waals surface area contributed by atoms with Crippen molar-refractivity contribution < 1.29 is 33.7 Å². The van der Waals surface area contributed by atoms with Gasteiger partial charge in [-0.05, 0) is 94.6 Å². The van der Waals surface area contributed by atoms with Crippen molar-refractivity contribution in [3.05, 3.63) is 23.3 Å². The zero-order valence-corrected chi connectivity index (χ0v) is 22.6. The molecule has 4 fully saturated rings. The quantitative estimate of drug-likeness (QED) is 0.450. The number of esters is 2. The number of ketones is 1. The maximum Gasteiger partial charge on any atom is 0.333 e. The molecule has 7 heteroatoms. The van der Waals surface area contributed by atoms with Crippen LogP contribution in [0.5, 0.6) is 0 Å². The van der Waals surface area contributed by atoms with Crippen LogP contribution in [-0.4, -0.2) is 53.3 Å². The highest BCUT2D eigenvalue weighted by atomic mass is 16.6. The minimum Gasteiger partial charge on any atom is -0.465 e. The molecule has 2 aliphatic heterocycles. The van der Waals surface area contributed by atoms with Crippen molar-refractivity contribution >= 4 is 17.7 Å². The van der Waals surface area contributed by atoms with Crippen LogP contribution >= 0.6 is 0 Å². The summed E-state index contributed by atoms with van der Waals surface area (Å²) in [5.74, 6) is 0.591. The first-order chi connectivity index (χ1) is 17.5. The summed E-state index contributed by atoms with van der Waals surface area (Å²) in [6.07, 6.45) is 7.32. The summed E-state index contributed by atoms with van der Waals surface area (Å²) >= 11 is 0. The van der Waals surface area contributed by atoms with Crippen molar-refractivity contribution in [2.75, 3.05) is 6.61 Å². The summed E-state index contributed by atoms with van der Waals surface area (Å²) in [6, 6.07) is 0. The molecule has 0 radical (unpaired) electrons. The maximum absolute atomic E-state index is 13.4. The Morgan fingerprint density at radius 3 is 2.68 bits per heavy atom. The predicted molar refractivity (Wildman–Crippen MR) is 134 cm³/mol. The molecular formula is C30H40O7. The fraction of sp³-hybridized carbons (Fsp3) is 0.767. The lowest BCUT2D eigenvalue weighted by atomic mass is 9.44. The molecule has 0 aromatic rings. The molecule has 4 aliphatic carbocycles. The van der Waals surface area contributed by atoms with E-state index in [0.29, 0.717) is 12.2 Å². The number of fused-ring (bicyclic) bond motifs is 4. The fourth-order valence-electron chi connectivity index (χ4n) is 9.80. The van der Waals surface area contributed by atoms with E-state index < -0.39 is 17.1 Å². The van der Waals surface area contributed by atoms with Gasteiger partial charge >= 0.3 is 11.9 Å². The first-order valence-electron chi connectivity index (χ1n) is 14.1. The minimum atomic E-state index is -0.792. The van der Waals surface area contributed by atoms with E-state index in [9.17, 15) is 19.5 Å². The second-order valence-corrected chi connectivity index (χ2v) is 13.0. The van der Waals surface area contributed by atoms with Crippen LogP contribution in [0.3, 0.4) is 0 Å². The molecule has 7 nitrogen and oxygen atoms in total. The Kier molecular flexibility index (Phi) is 5.64. The fourth-order valence-corrected chi connectivity index (χ4v) is 9.80. The summed E-state index contributed by atoms with van der Waals surface area (Å²) in [7, 11) is 0. The molecule has 37 heavy (non-hydrogen) atoms. The zero-order valence-electron chi connectivity index (χ0n) is 22.6. The first-order valence-corrected chi connectivity index (χ1v) is 14.1. The van der Waals surface area contributed by atoms with Gasteiger partial charge in [0.05, 0.1) is 18.1 Å². The predicted octanol–water partition coefficient (Wildman–Crippen LogP) is 3.92. The lowest BCUT2D eigenvalue weighted by molar-refractivity contribution is -0.167. The number of epoxide rings is 1. The minimum absolute atomic E-state index is 0.0668. The van der Waals surface area contributed by atoms with E-state index in [1.165, 1.54) is 6.92 Å². The lowest BCUT2D eigenvalue weighted by Crippen LogP contribution is -2.64. The topological polar surface area (TPSA) is 102 Å². The van der Waals surface area contributed by atoms with E-state index in [-0.39, 0.29) is 64.9 Å². The van der Waals surface area contributed by atoms with E-state index in [4.69, 9.17) is 14.2 Å². The third-order valence-electron chi connectivity index (χ3n) is 11.9. The molecule has 6 aliphatic rings. The summed E-state index contributed by atoms with van der Waals surface area (Å²) in [4.78, 5) is 38.0. The molecule has 0 aromatic heterocycles. The third-order valence-corrected chi connectivity index (χ3v) is 11.9. The SMILES string of the molecule is CC(=O)OC[C@]12CC[C@H]3[C@@H](C[C@H]4O[C@]45[C@@H](O)C=CC(=O)[C@]35C)[C@@H]1CC[C@@H]2[C@@H](C)[C@H]1CC(C)=C(C)C(=O)O1. The highest BCUT2D eigenvalue weighted by Crippen LogP contribution is 2.73. The van der Waals surface area contributed by atoms with E-state index in [1.54, 1.807) is 12.2 Å². The molecule has 1 saturated heterocycles. The van der Waals surface area contributed by atoms with Gasteiger partial charge < -0.3 is 19.3 Å². The van der Waals surface area contributed by atoms with Crippen molar-refractivity contribution in [1.29, 1.82) is 0 Å². The Bertz CT molecular complexity index is 1110. The van der Waals surface area contributed by atoms with E-state index >= 15 is 0 Å². The van der Waals surface area contributed by atoms with Gasteiger partial charge in [0.1, 0.15) is 17.8 Å². The lowest BCUT2D eigenvalue weighted by Gasteiger charge is -2.58. The van der Waals surface area contributed by atoms with Gasteiger partial charge in [-0.15, -0.1) is 0 Å². The van der Waals surface area contributed by atoms with Gasteiger partial charge in [0.25, 0.3) is 0 Å². The van der Waals surface area contributed by atoms with Crippen molar-refractivity contribution in [2.45, 2.75) is 97.1 Å². The van der Waals surface area contributed by atoms with E-state index in [0.717, 1.165) is 44.1 Å². The number of cyclic esters (lactones) is 1. The largest absolute Gasteiger partial charge is 0.465 e. The van der Waals surface area contributed by atoms with Gasteiger partial charge in [0.15, 0.2) is 5.78 Å². The van der Waals surface area contributed by atoms with Crippen LogP contribution in [0.2, 0.25) is 0 Å².